The fraction of sp³-hybridized carbons (Fsp3) is 0.733. The van der Waals surface area contributed by atoms with Gasteiger partial charge in [0.05, 0.1) is 0 Å². The third-order valence-electron chi connectivity index (χ3n) is 4.17. The van der Waals surface area contributed by atoms with Crippen LogP contribution in [-0.4, -0.2) is 63.8 Å². The molecule has 196 valence electrons. The van der Waals surface area contributed by atoms with Gasteiger partial charge in [0.15, 0.2) is 0 Å². The van der Waals surface area contributed by atoms with Gasteiger partial charge in [0, 0.05) is 13.1 Å². The number of hydrogen-bond donors (Lipinski definition) is 4. The molecule has 0 unspecified atom stereocenters. The van der Waals surface area contributed by atoms with Gasteiger partial charge in [-0.15, -0.1) is 0 Å². The number of nitrogens with two attached hydrogens (primary N) is 2. The first-order valence-corrected chi connectivity index (χ1v) is 9.16. The van der Waals surface area contributed by atoms with Crippen molar-refractivity contribution in [1.29, 1.82) is 0 Å². The lowest BCUT2D eigenvalue weighted by molar-refractivity contribution is -0.417. The summed E-state index contributed by atoms with van der Waals surface area (Å²) in [6, 6.07) is 0. The largest absolute Gasteiger partial charge is 0.460 e. The minimum Gasteiger partial charge on any atom is -0.368 e. The van der Waals surface area contributed by atoms with Crippen LogP contribution < -0.4 is 22.1 Å². The fourth-order valence-corrected chi connectivity index (χ4v) is 2.32. The molecule has 19 heteroatoms. The molecule has 6 N–H and O–H groups in total. The van der Waals surface area contributed by atoms with E-state index in [4.69, 9.17) is 11.5 Å². The summed E-state index contributed by atoms with van der Waals surface area (Å²) in [5, 5.41) is 3.84. The molecule has 0 aliphatic heterocycles. The molecule has 1 rings (SSSR count). The summed E-state index contributed by atoms with van der Waals surface area (Å²) in [6.07, 6.45) is -6.47. The van der Waals surface area contributed by atoms with E-state index in [2.05, 4.69) is 20.3 Å². The Hall–Kier alpha value is -2.89. The van der Waals surface area contributed by atoms with Crippen molar-refractivity contribution in [3.63, 3.8) is 0 Å². The number of carbonyl (C=O) groups excluding carboxylic acids is 1. The van der Waals surface area contributed by atoms with Crippen LogP contribution in [0.2, 0.25) is 0 Å². The number of alkyl halides is 11. The van der Waals surface area contributed by atoms with E-state index in [1.807, 2.05) is 0 Å². The molecule has 0 radical (unpaired) electrons. The van der Waals surface area contributed by atoms with Crippen LogP contribution in [0.5, 0.6) is 0 Å². The molecular formula is C15H18F11N7O. The number of unbranched alkanes of at least 4 members (excludes halogenated alkanes) is 3. The van der Waals surface area contributed by atoms with Gasteiger partial charge >= 0.3 is 29.9 Å². The molecule has 8 nitrogen and oxygen atoms in total. The maximum absolute atomic E-state index is 13.5. The monoisotopic (exact) mass is 521 g/mol. The van der Waals surface area contributed by atoms with E-state index in [9.17, 15) is 53.1 Å². The lowest BCUT2D eigenvalue weighted by atomic mass is 9.97. The van der Waals surface area contributed by atoms with E-state index in [0.717, 1.165) is 5.32 Å². The topological polar surface area (TPSA) is 132 Å². The van der Waals surface area contributed by atoms with Gasteiger partial charge < -0.3 is 22.1 Å². The molecule has 0 saturated heterocycles. The molecule has 0 bridgehead atoms. The van der Waals surface area contributed by atoms with Crippen molar-refractivity contribution in [2.75, 3.05) is 29.9 Å². The molecule has 1 aromatic heterocycles. The van der Waals surface area contributed by atoms with E-state index >= 15 is 0 Å². The van der Waals surface area contributed by atoms with Crippen LogP contribution in [0.1, 0.15) is 25.7 Å². The molecule has 1 aromatic rings. The standard InChI is InChI=1S/C15H18F11N7O/c16-11(17,12(18,19)13(20,21)14(22,23)15(24,25)26)7(34)29-5-3-1-2-4-6-30-10-32-8(27)31-9(28)33-10/h1-6H2,(H,29,34)(H5,27,28,30,31,32,33). The minimum atomic E-state index is -7.63. The summed E-state index contributed by atoms with van der Waals surface area (Å²) in [7, 11) is 0. The smallest absolute Gasteiger partial charge is 0.368 e. The first-order chi connectivity index (χ1) is 15.3. The highest BCUT2D eigenvalue weighted by atomic mass is 19.4. The Kier molecular flexibility index (Phi) is 8.71. The zero-order chi connectivity index (χ0) is 26.6. The minimum absolute atomic E-state index is 0.0633. The van der Waals surface area contributed by atoms with Gasteiger partial charge in [-0.2, -0.15) is 63.2 Å². The van der Waals surface area contributed by atoms with E-state index in [1.165, 1.54) is 0 Å². The quantitative estimate of drug-likeness (QED) is 0.245. The van der Waals surface area contributed by atoms with Crippen LogP contribution in [0.3, 0.4) is 0 Å². The number of nitrogens with zero attached hydrogens (tertiary/aromatic N) is 3. The SMILES string of the molecule is Nc1nc(N)nc(NCCCCCCNC(=O)C(F)(F)C(F)(F)C(F)(F)C(F)(F)C(F)(F)F)n1. The van der Waals surface area contributed by atoms with Crippen molar-refractivity contribution in [3.05, 3.63) is 0 Å². The van der Waals surface area contributed by atoms with Crippen LogP contribution in [0.15, 0.2) is 0 Å². The van der Waals surface area contributed by atoms with Crippen LogP contribution in [0.25, 0.3) is 0 Å². The number of anilines is 3. The van der Waals surface area contributed by atoms with Crippen LogP contribution in [-0.2, 0) is 4.79 Å². The Bertz CT molecular complexity index is 828. The van der Waals surface area contributed by atoms with Gasteiger partial charge in [-0.1, -0.05) is 12.8 Å². The average Bonchev–Trinajstić information content (AvgIpc) is 2.67. The molecule has 0 spiro atoms. The van der Waals surface area contributed by atoms with Crippen LogP contribution in [0.4, 0.5) is 66.1 Å². The van der Waals surface area contributed by atoms with Crippen molar-refractivity contribution in [2.24, 2.45) is 0 Å². The lowest BCUT2D eigenvalue weighted by Crippen LogP contribution is -2.69. The highest BCUT2D eigenvalue weighted by Gasteiger charge is 2.88. The summed E-state index contributed by atoms with van der Waals surface area (Å²) in [6.45, 7) is -0.512. The number of nitrogens with one attached hydrogen (secondary N) is 2. The molecule has 34 heavy (non-hydrogen) atoms. The Morgan fingerprint density at radius 2 is 1.15 bits per heavy atom. The van der Waals surface area contributed by atoms with Gasteiger partial charge in [-0.05, 0) is 12.8 Å². The molecule has 0 aliphatic rings. The first-order valence-electron chi connectivity index (χ1n) is 9.16. The van der Waals surface area contributed by atoms with E-state index in [-0.39, 0.29) is 37.2 Å². The number of aromatic nitrogens is 3. The molecule has 0 atom stereocenters. The van der Waals surface area contributed by atoms with Gasteiger partial charge in [-0.3, -0.25) is 4.79 Å². The normalized spacial score (nSPS) is 13.6. The predicted molar refractivity (Wildman–Crippen MR) is 94.5 cm³/mol. The fourth-order valence-electron chi connectivity index (χ4n) is 2.32. The molecule has 1 heterocycles. The summed E-state index contributed by atoms with van der Waals surface area (Å²) in [5.41, 5.74) is 10.7. The van der Waals surface area contributed by atoms with Gasteiger partial charge in [0.25, 0.3) is 5.91 Å². The zero-order valence-corrected chi connectivity index (χ0v) is 16.8. The number of halogens is 11. The van der Waals surface area contributed by atoms with Gasteiger partial charge in [-0.25, -0.2) is 0 Å². The maximum Gasteiger partial charge on any atom is 0.460 e. The molecule has 0 fully saturated rings. The molecule has 1 amide bonds. The van der Waals surface area contributed by atoms with Gasteiger partial charge in [0.1, 0.15) is 0 Å². The Labute approximate surface area is 183 Å². The second-order valence-electron chi connectivity index (χ2n) is 6.77. The van der Waals surface area contributed by atoms with Crippen molar-refractivity contribution in [3.8, 4) is 0 Å². The maximum atomic E-state index is 13.5. The molecule has 0 saturated carbocycles. The Morgan fingerprint density at radius 3 is 1.62 bits per heavy atom. The summed E-state index contributed by atoms with van der Waals surface area (Å²) >= 11 is 0. The van der Waals surface area contributed by atoms with E-state index in [1.54, 1.807) is 0 Å². The highest BCUT2D eigenvalue weighted by molar-refractivity contribution is 5.84. The van der Waals surface area contributed by atoms with Crippen molar-refractivity contribution in [2.45, 2.75) is 55.5 Å². The molecular weight excluding hydrogens is 503 g/mol. The molecule has 0 aromatic carbocycles. The Morgan fingerprint density at radius 1 is 0.676 bits per heavy atom. The van der Waals surface area contributed by atoms with Crippen LogP contribution in [0, 0.1) is 0 Å². The second kappa shape index (κ2) is 10.2. The number of nitrogen functional groups attached to an aromatic ring is 2. The third kappa shape index (κ3) is 5.96. The van der Waals surface area contributed by atoms with Crippen molar-refractivity contribution < 1.29 is 53.1 Å². The molecule has 0 aliphatic carbocycles. The summed E-state index contributed by atoms with van der Waals surface area (Å²) in [5.74, 6) is -32.5. The number of hydrogen-bond acceptors (Lipinski definition) is 7. The zero-order valence-electron chi connectivity index (χ0n) is 16.8. The average molecular weight is 521 g/mol. The van der Waals surface area contributed by atoms with Gasteiger partial charge in [0.2, 0.25) is 17.8 Å². The third-order valence-corrected chi connectivity index (χ3v) is 4.17. The van der Waals surface area contributed by atoms with Crippen molar-refractivity contribution >= 4 is 23.8 Å². The number of amides is 1. The number of carbonyl (C=O) groups is 1. The first kappa shape index (κ1) is 29.1. The number of rotatable bonds is 12. The van der Waals surface area contributed by atoms with E-state index in [0.29, 0.717) is 12.8 Å². The van der Waals surface area contributed by atoms with Crippen molar-refractivity contribution in [1.82, 2.24) is 20.3 Å². The highest BCUT2D eigenvalue weighted by Crippen LogP contribution is 2.57. The summed E-state index contributed by atoms with van der Waals surface area (Å²) in [4.78, 5) is 22.2. The summed E-state index contributed by atoms with van der Waals surface area (Å²) < 4.78 is 142. The van der Waals surface area contributed by atoms with Crippen LogP contribution >= 0.6 is 0 Å². The van der Waals surface area contributed by atoms with E-state index < -0.39 is 42.3 Å². The predicted octanol–water partition coefficient (Wildman–Crippen LogP) is 3.23. The Balaban J connectivity index is 2.53. The lowest BCUT2D eigenvalue weighted by Gasteiger charge is -2.36. The second-order valence-corrected chi connectivity index (χ2v) is 6.77.